The van der Waals surface area contributed by atoms with Gasteiger partial charge in [0.15, 0.2) is 5.16 Å². The Balaban J connectivity index is 2.72. The van der Waals surface area contributed by atoms with Gasteiger partial charge in [-0.3, -0.25) is 0 Å². The molecule has 0 aromatic carbocycles. The van der Waals surface area contributed by atoms with Crippen molar-refractivity contribution in [1.82, 2.24) is 9.97 Å². The zero-order chi connectivity index (χ0) is 12.9. The van der Waals surface area contributed by atoms with E-state index in [9.17, 15) is 5.11 Å². The zero-order valence-corrected chi connectivity index (χ0v) is 11.9. The number of halogens is 1. The molecule has 0 aliphatic carbocycles. The van der Waals surface area contributed by atoms with Gasteiger partial charge in [0.2, 0.25) is 0 Å². The number of anilines is 1. The molecule has 96 valence electrons. The largest absolute Gasteiger partial charge is 0.388 e. The molecule has 0 fully saturated rings. The Labute approximate surface area is 111 Å². The molecule has 0 saturated carbocycles. The lowest BCUT2D eigenvalue weighted by atomic mass is 9.98. The Morgan fingerprint density at radius 1 is 1.41 bits per heavy atom. The maximum atomic E-state index is 10.1. The monoisotopic (exact) mass is 275 g/mol. The number of aliphatic hydroxyl groups is 1. The number of hydrogen-bond acceptors (Lipinski definition) is 5. The van der Waals surface area contributed by atoms with Crippen LogP contribution in [0.2, 0.25) is 5.15 Å². The van der Waals surface area contributed by atoms with E-state index in [2.05, 4.69) is 15.3 Å². The summed E-state index contributed by atoms with van der Waals surface area (Å²) >= 11 is 7.31. The fourth-order valence-corrected chi connectivity index (χ4v) is 1.95. The highest BCUT2D eigenvalue weighted by Crippen LogP contribution is 2.19. The van der Waals surface area contributed by atoms with E-state index in [0.717, 1.165) is 0 Å². The van der Waals surface area contributed by atoms with E-state index in [1.807, 2.05) is 20.1 Å². The molecule has 0 unspecified atom stereocenters. The number of rotatable bonds is 6. The van der Waals surface area contributed by atoms with Crippen LogP contribution in [0.25, 0.3) is 0 Å². The summed E-state index contributed by atoms with van der Waals surface area (Å²) in [6.45, 7) is 4.39. The van der Waals surface area contributed by atoms with E-state index < -0.39 is 5.60 Å². The number of hydrogen-bond donors (Lipinski definition) is 2. The minimum atomic E-state index is -0.697. The summed E-state index contributed by atoms with van der Waals surface area (Å²) in [7, 11) is 0. The second-order valence-electron chi connectivity index (χ2n) is 3.85. The van der Waals surface area contributed by atoms with E-state index in [4.69, 9.17) is 11.6 Å². The summed E-state index contributed by atoms with van der Waals surface area (Å²) in [5.41, 5.74) is -0.697. The van der Waals surface area contributed by atoms with Crippen LogP contribution in [0.4, 0.5) is 5.82 Å². The van der Waals surface area contributed by atoms with Crippen LogP contribution in [0, 0.1) is 0 Å². The molecule has 0 atom stereocenters. The molecule has 0 spiro atoms. The number of nitrogens with zero attached hydrogens (tertiary/aromatic N) is 2. The minimum absolute atomic E-state index is 0.406. The van der Waals surface area contributed by atoms with Gasteiger partial charge < -0.3 is 10.4 Å². The first-order chi connectivity index (χ1) is 8.03. The molecule has 17 heavy (non-hydrogen) atoms. The van der Waals surface area contributed by atoms with Gasteiger partial charge in [-0.25, -0.2) is 9.97 Å². The molecule has 0 amide bonds. The Morgan fingerprint density at radius 2 is 2.06 bits per heavy atom. The van der Waals surface area contributed by atoms with Crippen LogP contribution in [-0.4, -0.2) is 33.5 Å². The van der Waals surface area contributed by atoms with Crippen LogP contribution in [0.1, 0.15) is 26.7 Å². The highest BCUT2D eigenvalue weighted by atomic mass is 35.5. The molecule has 0 aliphatic heterocycles. The summed E-state index contributed by atoms with van der Waals surface area (Å²) in [4.78, 5) is 8.32. The first kappa shape index (κ1) is 14.5. The van der Waals surface area contributed by atoms with Crippen LogP contribution < -0.4 is 5.32 Å². The molecule has 2 N–H and O–H groups in total. The Hall–Kier alpha value is -0.520. The van der Waals surface area contributed by atoms with Crippen LogP contribution in [0.5, 0.6) is 0 Å². The van der Waals surface area contributed by atoms with Gasteiger partial charge in [-0.1, -0.05) is 37.2 Å². The highest BCUT2D eigenvalue weighted by Gasteiger charge is 2.21. The summed E-state index contributed by atoms with van der Waals surface area (Å²) in [6.07, 6.45) is 3.29. The number of aromatic nitrogens is 2. The van der Waals surface area contributed by atoms with Crippen LogP contribution in [-0.2, 0) is 0 Å². The molecule has 1 aromatic heterocycles. The molecular formula is C11H18ClN3OS. The lowest BCUT2D eigenvalue weighted by Crippen LogP contribution is -2.35. The lowest BCUT2D eigenvalue weighted by molar-refractivity contribution is 0.0456. The maximum absolute atomic E-state index is 10.1. The van der Waals surface area contributed by atoms with Crippen molar-refractivity contribution >= 4 is 29.2 Å². The van der Waals surface area contributed by atoms with Crippen molar-refractivity contribution < 1.29 is 5.11 Å². The van der Waals surface area contributed by atoms with Gasteiger partial charge in [-0.15, -0.1) is 0 Å². The molecular weight excluding hydrogens is 258 g/mol. The van der Waals surface area contributed by atoms with Gasteiger partial charge in [0.25, 0.3) is 0 Å². The molecule has 6 heteroatoms. The third-order valence-corrected chi connectivity index (χ3v) is 3.51. The quantitative estimate of drug-likeness (QED) is 0.475. The predicted octanol–water partition coefficient (Wildman–Crippen LogP) is 2.81. The standard InChI is InChI=1S/C11H18ClN3OS/c1-4-11(16,5-2)7-13-9-6-8(12)14-10(15-9)17-3/h6,16H,4-5,7H2,1-3H3,(H,13,14,15). The Bertz CT molecular complexity index is 372. The van der Waals surface area contributed by atoms with Gasteiger partial charge in [0, 0.05) is 12.6 Å². The molecule has 1 rings (SSSR count). The van der Waals surface area contributed by atoms with E-state index in [1.54, 1.807) is 6.07 Å². The summed E-state index contributed by atoms with van der Waals surface area (Å²) in [6, 6.07) is 1.66. The maximum Gasteiger partial charge on any atom is 0.190 e. The normalized spacial score (nSPS) is 11.6. The van der Waals surface area contributed by atoms with E-state index in [-0.39, 0.29) is 0 Å². The predicted molar refractivity (Wildman–Crippen MR) is 72.8 cm³/mol. The Morgan fingerprint density at radius 3 is 2.59 bits per heavy atom. The first-order valence-electron chi connectivity index (χ1n) is 5.58. The van der Waals surface area contributed by atoms with Crippen molar-refractivity contribution in [3.05, 3.63) is 11.2 Å². The van der Waals surface area contributed by atoms with Gasteiger partial charge in [0.1, 0.15) is 11.0 Å². The topological polar surface area (TPSA) is 58.0 Å². The molecule has 0 aliphatic rings. The SMILES string of the molecule is CCC(O)(CC)CNc1cc(Cl)nc(SC)n1. The van der Waals surface area contributed by atoms with Gasteiger partial charge in [-0.05, 0) is 19.1 Å². The molecule has 4 nitrogen and oxygen atoms in total. The van der Waals surface area contributed by atoms with Crippen LogP contribution >= 0.6 is 23.4 Å². The van der Waals surface area contributed by atoms with Gasteiger partial charge in [-0.2, -0.15) is 0 Å². The fourth-order valence-electron chi connectivity index (χ4n) is 1.33. The lowest BCUT2D eigenvalue weighted by Gasteiger charge is -2.25. The van der Waals surface area contributed by atoms with Crippen molar-refractivity contribution in [2.75, 3.05) is 18.1 Å². The minimum Gasteiger partial charge on any atom is -0.388 e. The highest BCUT2D eigenvalue weighted by molar-refractivity contribution is 7.98. The van der Waals surface area contributed by atoms with Crippen molar-refractivity contribution in [3.63, 3.8) is 0 Å². The smallest absolute Gasteiger partial charge is 0.190 e. The second-order valence-corrected chi connectivity index (χ2v) is 5.01. The van der Waals surface area contributed by atoms with Gasteiger partial charge >= 0.3 is 0 Å². The number of nitrogens with one attached hydrogen (secondary N) is 1. The first-order valence-corrected chi connectivity index (χ1v) is 7.18. The van der Waals surface area contributed by atoms with Gasteiger partial charge in [0.05, 0.1) is 5.60 Å². The number of thioether (sulfide) groups is 1. The van der Waals surface area contributed by atoms with Crippen molar-refractivity contribution in [2.45, 2.75) is 37.4 Å². The third kappa shape index (κ3) is 4.33. The van der Waals surface area contributed by atoms with Crippen LogP contribution in [0.3, 0.4) is 0 Å². The zero-order valence-electron chi connectivity index (χ0n) is 10.3. The van der Waals surface area contributed by atoms with E-state index >= 15 is 0 Å². The molecule has 0 radical (unpaired) electrons. The van der Waals surface area contributed by atoms with E-state index in [0.29, 0.717) is 35.5 Å². The molecule has 1 heterocycles. The molecule has 1 aromatic rings. The molecule has 0 bridgehead atoms. The van der Waals surface area contributed by atoms with E-state index in [1.165, 1.54) is 11.8 Å². The average molecular weight is 276 g/mol. The average Bonchev–Trinajstić information content (AvgIpc) is 2.35. The third-order valence-electron chi connectivity index (χ3n) is 2.77. The Kier molecular flexibility index (Phi) is 5.49. The summed E-state index contributed by atoms with van der Waals surface area (Å²) in [5, 5.41) is 14.3. The van der Waals surface area contributed by atoms with Crippen molar-refractivity contribution in [1.29, 1.82) is 0 Å². The van der Waals surface area contributed by atoms with Crippen molar-refractivity contribution in [2.24, 2.45) is 0 Å². The summed E-state index contributed by atoms with van der Waals surface area (Å²) < 4.78 is 0. The van der Waals surface area contributed by atoms with Crippen LogP contribution in [0.15, 0.2) is 11.2 Å². The molecule has 0 saturated heterocycles. The second kappa shape index (κ2) is 6.42. The summed E-state index contributed by atoms with van der Waals surface area (Å²) in [5.74, 6) is 0.648. The van der Waals surface area contributed by atoms with Crippen molar-refractivity contribution in [3.8, 4) is 0 Å². The fraction of sp³-hybridized carbons (Fsp3) is 0.636.